The molecule has 2 heterocycles. The quantitative estimate of drug-likeness (QED) is 0.875. The fourth-order valence-electron chi connectivity index (χ4n) is 2.50. The number of nitrogens with zero attached hydrogens (tertiary/aromatic N) is 3. The maximum atomic E-state index is 4.06. The summed E-state index contributed by atoms with van der Waals surface area (Å²) in [6.45, 7) is 3.29. The van der Waals surface area contributed by atoms with E-state index in [-0.39, 0.29) is 0 Å². The molecule has 1 aromatic heterocycles. The molecule has 0 unspecified atom stereocenters. The summed E-state index contributed by atoms with van der Waals surface area (Å²) in [4.78, 5) is 0. The molecule has 0 bridgehead atoms. The minimum absolute atomic E-state index is 0.755. The summed E-state index contributed by atoms with van der Waals surface area (Å²) in [5.74, 6) is 0.755. The Morgan fingerprint density at radius 3 is 2.89 bits per heavy atom. The van der Waals surface area contributed by atoms with Gasteiger partial charge in [0.05, 0.1) is 23.8 Å². The smallest absolute Gasteiger partial charge is 0.0894 e. The Balaban J connectivity index is 1.70. The number of para-hydroxylation sites is 2. The fourth-order valence-corrected chi connectivity index (χ4v) is 2.50. The highest BCUT2D eigenvalue weighted by atomic mass is 15.4. The Kier molecular flexibility index (Phi) is 3.74. The summed E-state index contributed by atoms with van der Waals surface area (Å²) in [5.41, 5.74) is 2.17. The van der Waals surface area contributed by atoms with Gasteiger partial charge in [0.15, 0.2) is 0 Å². The SMILES string of the molecule is c1ccc(-n2ccnn2)c(NCC2CCNCC2)c1. The number of nitrogens with one attached hydrogen (secondary N) is 2. The van der Waals surface area contributed by atoms with Crippen molar-refractivity contribution < 1.29 is 0 Å². The van der Waals surface area contributed by atoms with Gasteiger partial charge in [-0.3, -0.25) is 0 Å². The molecule has 2 N–H and O–H groups in total. The van der Waals surface area contributed by atoms with Crippen LogP contribution in [0.3, 0.4) is 0 Å². The van der Waals surface area contributed by atoms with Crippen LogP contribution in [0.25, 0.3) is 5.69 Å². The Hall–Kier alpha value is -1.88. The Labute approximate surface area is 113 Å². The van der Waals surface area contributed by atoms with Crippen LogP contribution in [-0.4, -0.2) is 34.6 Å². The number of rotatable bonds is 4. The van der Waals surface area contributed by atoms with Crippen LogP contribution in [-0.2, 0) is 0 Å². The molecule has 1 fully saturated rings. The molecule has 0 aliphatic carbocycles. The van der Waals surface area contributed by atoms with Gasteiger partial charge in [-0.05, 0) is 44.0 Å². The first-order chi connectivity index (χ1) is 9.43. The van der Waals surface area contributed by atoms with Gasteiger partial charge in [0, 0.05) is 6.54 Å². The molecule has 3 rings (SSSR count). The standard InChI is InChI=1S/C14H19N5/c1-2-4-14(19-10-9-17-18-19)13(3-1)16-11-12-5-7-15-8-6-12/h1-4,9-10,12,15-16H,5-8,11H2. The van der Waals surface area contributed by atoms with E-state index in [1.807, 2.05) is 18.3 Å². The number of anilines is 1. The van der Waals surface area contributed by atoms with Crippen LogP contribution >= 0.6 is 0 Å². The van der Waals surface area contributed by atoms with E-state index in [0.717, 1.165) is 36.9 Å². The molecule has 0 radical (unpaired) electrons. The van der Waals surface area contributed by atoms with Crippen molar-refractivity contribution in [3.05, 3.63) is 36.7 Å². The first kappa shape index (κ1) is 12.2. The summed E-state index contributed by atoms with van der Waals surface area (Å²) in [7, 11) is 0. The molecule has 0 saturated carbocycles. The molecular weight excluding hydrogens is 238 g/mol. The molecule has 19 heavy (non-hydrogen) atoms. The van der Waals surface area contributed by atoms with Crippen molar-refractivity contribution in [2.24, 2.45) is 5.92 Å². The summed E-state index contributed by atoms with van der Waals surface area (Å²) in [5, 5.41) is 14.9. The largest absolute Gasteiger partial charge is 0.383 e. The molecule has 1 aromatic carbocycles. The molecular formula is C14H19N5. The molecule has 100 valence electrons. The molecule has 1 aliphatic rings. The highest BCUT2D eigenvalue weighted by Gasteiger charge is 2.13. The van der Waals surface area contributed by atoms with Crippen LogP contribution in [0.4, 0.5) is 5.69 Å². The zero-order valence-corrected chi connectivity index (χ0v) is 10.9. The van der Waals surface area contributed by atoms with Crippen LogP contribution in [0.15, 0.2) is 36.7 Å². The van der Waals surface area contributed by atoms with Gasteiger partial charge in [0.1, 0.15) is 0 Å². The topological polar surface area (TPSA) is 54.8 Å². The number of piperidine rings is 1. The Morgan fingerprint density at radius 2 is 2.11 bits per heavy atom. The van der Waals surface area contributed by atoms with E-state index >= 15 is 0 Å². The van der Waals surface area contributed by atoms with Crippen molar-refractivity contribution in [2.75, 3.05) is 25.0 Å². The van der Waals surface area contributed by atoms with Gasteiger partial charge in [-0.1, -0.05) is 17.3 Å². The first-order valence-electron chi connectivity index (χ1n) is 6.84. The lowest BCUT2D eigenvalue weighted by atomic mass is 9.98. The van der Waals surface area contributed by atoms with Crippen molar-refractivity contribution in [3.8, 4) is 5.69 Å². The van der Waals surface area contributed by atoms with Gasteiger partial charge in [-0.2, -0.15) is 0 Å². The first-order valence-corrected chi connectivity index (χ1v) is 6.84. The molecule has 1 saturated heterocycles. The minimum atomic E-state index is 0.755. The zero-order valence-electron chi connectivity index (χ0n) is 10.9. The second-order valence-corrected chi connectivity index (χ2v) is 4.94. The number of benzene rings is 1. The van der Waals surface area contributed by atoms with Gasteiger partial charge in [-0.15, -0.1) is 5.10 Å². The summed E-state index contributed by atoms with van der Waals surface area (Å²) >= 11 is 0. The summed E-state index contributed by atoms with van der Waals surface area (Å²) in [6, 6.07) is 8.22. The second kappa shape index (κ2) is 5.84. The predicted molar refractivity (Wildman–Crippen MR) is 75.4 cm³/mol. The Bertz CT molecular complexity index is 502. The summed E-state index contributed by atoms with van der Waals surface area (Å²) < 4.78 is 1.80. The fraction of sp³-hybridized carbons (Fsp3) is 0.429. The molecule has 5 nitrogen and oxygen atoms in total. The average Bonchev–Trinajstić information content (AvgIpc) is 3.01. The molecule has 1 aliphatic heterocycles. The lowest BCUT2D eigenvalue weighted by Gasteiger charge is -2.23. The van der Waals surface area contributed by atoms with E-state index in [1.54, 1.807) is 10.9 Å². The van der Waals surface area contributed by atoms with E-state index < -0.39 is 0 Å². The molecule has 0 spiro atoms. The van der Waals surface area contributed by atoms with Gasteiger partial charge in [0.2, 0.25) is 0 Å². The third-order valence-corrected chi connectivity index (χ3v) is 3.61. The second-order valence-electron chi connectivity index (χ2n) is 4.94. The monoisotopic (exact) mass is 257 g/mol. The van der Waals surface area contributed by atoms with Crippen LogP contribution in [0.2, 0.25) is 0 Å². The van der Waals surface area contributed by atoms with Crippen LogP contribution in [0.5, 0.6) is 0 Å². The van der Waals surface area contributed by atoms with Crippen LogP contribution < -0.4 is 10.6 Å². The van der Waals surface area contributed by atoms with E-state index in [9.17, 15) is 0 Å². The van der Waals surface area contributed by atoms with E-state index in [4.69, 9.17) is 0 Å². The van der Waals surface area contributed by atoms with Crippen LogP contribution in [0, 0.1) is 5.92 Å². The summed E-state index contributed by atoms with van der Waals surface area (Å²) in [6.07, 6.45) is 6.06. The van der Waals surface area contributed by atoms with E-state index in [0.29, 0.717) is 0 Å². The zero-order chi connectivity index (χ0) is 12.9. The highest BCUT2D eigenvalue weighted by molar-refractivity contribution is 5.60. The van der Waals surface area contributed by atoms with Gasteiger partial charge in [0.25, 0.3) is 0 Å². The Morgan fingerprint density at radius 1 is 1.26 bits per heavy atom. The van der Waals surface area contributed by atoms with Gasteiger partial charge < -0.3 is 10.6 Å². The highest BCUT2D eigenvalue weighted by Crippen LogP contribution is 2.20. The maximum Gasteiger partial charge on any atom is 0.0894 e. The lowest BCUT2D eigenvalue weighted by Crippen LogP contribution is -2.31. The van der Waals surface area contributed by atoms with Crippen molar-refractivity contribution in [1.82, 2.24) is 20.3 Å². The van der Waals surface area contributed by atoms with E-state index in [1.165, 1.54) is 12.8 Å². The normalized spacial score (nSPS) is 16.4. The van der Waals surface area contributed by atoms with Crippen molar-refractivity contribution in [3.63, 3.8) is 0 Å². The van der Waals surface area contributed by atoms with Crippen molar-refractivity contribution in [2.45, 2.75) is 12.8 Å². The third-order valence-electron chi connectivity index (χ3n) is 3.61. The molecule has 2 aromatic rings. The number of aromatic nitrogens is 3. The number of hydrogen-bond donors (Lipinski definition) is 2. The molecule has 0 amide bonds. The van der Waals surface area contributed by atoms with Crippen molar-refractivity contribution in [1.29, 1.82) is 0 Å². The molecule has 5 heteroatoms. The van der Waals surface area contributed by atoms with Crippen molar-refractivity contribution >= 4 is 5.69 Å². The maximum absolute atomic E-state index is 4.06. The average molecular weight is 257 g/mol. The minimum Gasteiger partial charge on any atom is -0.383 e. The predicted octanol–water partition coefficient (Wildman–Crippen LogP) is 1.68. The third kappa shape index (κ3) is 2.93. The van der Waals surface area contributed by atoms with Gasteiger partial charge in [-0.25, -0.2) is 4.68 Å². The van der Waals surface area contributed by atoms with E-state index in [2.05, 4.69) is 33.1 Å². The molecule has 0 atom stereocenters. The number of hydrogen-bond acceptors (Lipinski definition) is 4. The van der Waals surface area contributed by atoms with Crippen LogP contribution in [0.1, 0.15) is 12.8 Å². The van der Waals surface area contributed by atoms with Gasteiger partial charge >= 0.3 is 0 Å². The lowest BCUT2D eigenvalue weighted by molar-refractivity contribution is 0.390.